The molecule has 6 aliphatic rings. The second-order valence-corrected chi connectivity index (χ2v) is 12.7. The van der Waals surface area contributed by atoms with Gasteiger partial charge in [-0.3, -0.25) is 4.90 Å². The normalized spacial score (nSPS) is 55.9. The van der Waals surface area contributed by atoms with Gasteiger partial charge in [0, 0.05) is 19.1 Å². The highest BCUT2D eigenvalue weighted by Crippen LogP contribution is 2.64. The maximum atomic E-state index is 11.1. The Hall–Kier alpha value is -0.380. The van der Waals surface area contributed by atoms with Crippen molar-refractivity contribution in [3.63, 3.8) is 0 Å². The molecular formula is C27H43NO2. The van der Waals surface area contributed by atoms with Gasteiger partial charge in [-0.1, -0.05) is 31.9 Å². The van der Waals surface area contributed by atoms with Gasteiger partial charge in [0.1, 0.15) is 0 Å². The van der Waals surface area contributed by atoms with E-state index in [0.29, 0.717) is 0 Å². The van der Waals surface area contributed by atoms with Crippen LogP contribution in [-0.4, -0.2) is 46.5 Å². The largest absolute Gasteiger partial charge is 0.393 e. The highest BCUT2D eigenvalue weighted by molar-refractivity contribution is 5.36. The van der Waals surface area contributed by atoms with Crippen molar-refractivity contribution in [2.75, 3.05) is 13.1 Å². The number of aliphatic hydroxyl groups is 2. The van der Waals surface area contributed by atoms with E-state index < -0.39 is 0 Å². The van der Waals surface area contributed by atoms with Crippen LogP contribution in [0, 0.1) is 46.8 Å². The van der Waals surface area contributed by atoms with Crippen LogP contribution >= 0.6 is 0 Å². The molecule has 11 atom stereocenters. The van der Waals surface area contributed by atoms with Crippen molar-refractivity contribution in [3.8, 4) is 0 Å². The third-order valence-electron chi connectivity index (χ3n) is 11.3. The molecule has 0 aromatic heterocycles. The lowest BCUT2D eigenvalue weighted by Crippen LogP contribution is -2.58. The Morgan fingerprint density at radius 3 is 2.57 bits per heavy atom. The molecule has 3 nitrogen and oxygen atoms in total. The standard InChI is InChI=1S/C27H43NO2/c1-15-4-7-25-16(2)18-5-6-19-20(22(18)14-28(25)13-15)11-23-21(19)12-26(30)24-10-17(29)8-9-27(23,24)3/h15-20,22,24-26,29-30H,4-14H2,1-3H3/t15-,16?,17-,18-,19-,20-,22-,24-,25+,26+,27-/m1/s1. The Kier molecular flexibility index (Phi) is 4.76. The third kappa shape index (κ3) is 2.80. The van der Waals surface area contributed by atoms with Gasteiger partial charge in [0.05, 0.1) is 12.2 Å². The lowest BCUT2D eigenvalue weighted by molar-refractivity contribution is -0.0670. The summed E-state index contributed by atoms with van der Waals surface area (Å²) in [6.07, 6.45) is 10.2. The van der Waals surface area contributed by atoms with E-state index in [1.165, 1.54) is 45.2 Å². The first-order chi connectivity index (χ1) is 14.4. The topological polar surface area (TPSA) is 43.7 Å². The molecule has 3 heteroatoms. The fourth-order valence-electron chi connectivity index (χ4n) is 9.80. The molecule has 0 radical (unpaired) electrons. The molecule has 1 unspecified atom stereocenters. The summed E-state index contributed by atoms with van der Waals surface area (Å²) in [6.45, 7) is 10.1. The van der Waals surface area contributed by atoms with Crippen LogP contribution in [-0.2, 0) is 0 Å². The number of rotatable bonds is 0. The lowest BCUT2D eigenvalue weighted by atomic mass is 9.56. The van der Waals surface area contributed by atoms with Crippen LogP contribution < -0.4 is 0 Å². The minimum Gasteiger partial charge on any atom is -0.393 e. The van der Waals surface area contributed by atoms with Crippen molar-refractivity contribution in [2.45, 2.75) is 96.8 Å². The van der Waals surface area contributed by atoms with Crippen molar-refractivity contribution in [1.82, 2.24) is 4.90 Å². The Bertz CT molecular complexity index is 730. The van der Waals surface area contributed by atoms with E-state index in [2.05, 4.69) is 25.7 Å². The second-order valence-electron chi connectivity index (χ2n) is 12.7. The van der Waals surface area contributed by atoms with E-state index in [-0.39, 0.29) is 23.5 Å². The Labute approximate surface area is 183 Å². The lowest BCUT2D eigenvalue weighted by Gasteiger charge is -2.56. The molecule has 0 bridgehead atoms. The fourth-order valence-corrected chi connectivity index (χ4v) is 9.80. The monoisotopic (exact) mass is 413 g/mol. The summed E-state index contributed by atoms with van der Waals surface area (Å²) in [5.74, 6) is 5.34. The molecule has 2 aliphatic heterocycles. The van der Waals surface area contributed by atoms with Gasteiger partial charge in [-0.15, -0.1) is 0 Å². The minimum atomic E-state index is -0.238. The van der Waals surface area contributed by atoms with Crippen LogP contribution in [0.5, 0.6) is 0 Å². The molecule has 4 aliphatic carbocycles. The SMILES string of the molecule is CC1[C@H]2CC[C@H]3C4=C(C[C@H]3[C@@H]2CN2C[C@H](C)CC[C@@H]12)[C@@]1(C)CC[C@@H](O)C[C@@H]1[C@@H](O)C4. The number of hydrogen-bond acceptors (Lipinski definition) is 3. The van der Waals surface area contributed by atoms with E-state index in [1.807, 2.05) is 0 Å². The highest BCUT2D eigenvalue weighted by atomic mass is 16.3. The smallest absolute Gasteiger partial charge is 0.0614 e. The molecule has 6 rings (SSSR count). The molecule has 0 aromatic rings. The van der Waals surface area contributed by atoms with Gasteiger partial charge in [0.2, 0.25) is 0 Å². The van der Waals surface area contributed by atoms with Gasteiger partial charge in [-0.25, -0.2) is 0 Å². The molecule has 0 amide bonds. The van der Waals surface area contributed by atoms with E-state index >= 15 is 0 Å². The van der Waals surface area contributed by atoms with Crippen LogP contribution in [0.1, 0.15) is 78.6 Å². The summed E-state index contributed by atoms with van der Waals surface area (Å²) in [5, 5.41) is 21.4. The summed E-state index contributed by atoms with van der Waals surface area (Å²) in [7, 11) is 0. The van der Waals surface area contributed by atoms with Crippen molar-refractivity contribution < 1.29 is 10.2 Å². The summed E-state index contributed by atoms with van der Waals surface area (Å²) < 4.78 is 0. The summed E-state index contributed by atoms with van der Waals surface area (Å²) in [5.41, 5.74) is 3.58. The fraction of sp³-hybridized carbons (Fsp3) is 0.926. The predicted octanol–water partition coefficient (Wildman–Crippen LogP) is 4.63. The first kappa shape index (κ1) is 20.2. The van der Waals surface area contributed by atoms with Crippen molar-refractivity contribution in [1.29, 1.82) is 0 Å². The van der Waals surface area contributed by atoms with Gasteiger partial charge in [0.15, 0.2) is 0 Å². The molecule has 4 fully saturated rings. The number of nitrogens with zero attached hydrogens (tertiary/aromatic N) is 1. The van der Waals surface area contributed by atoms with Crippen LogP contribution in [0.25, 0.3) is 0 Å². The number of aliphatic hydroxyl groups excluding tert-OH is 2. The van der Waals surface area contributed by atoms with Gasteiger partial charge < -0.3 is 10.2 Å². The maximum Gasteiger partial charge on any atom is 0.0614 e. The van der Waals surface area contributed by atoms with Crippen LogP contribution in [0.15, 0.2) is 11.1 Å². The molecule has 0 spiro atoms. The molecule has 0 aromatic carbocycles. The number of fused-ring (bicyclic) bond motifs is 7. The first-order valence-corrected chi connectivity index (χ1v) is 13.2. The van der Waals surface area contributed by atoms with E-state index in [9.17, 15) is 10.2 Å². The van der Waals surface area contributed by atoms with Gasteiger partial charge in [0.25, 0.3) is 0 Å². The minimum absolute atomic E-state index is 0.140. The van der Waals surface area contributed by atoms with Gasteiger partial charge in [-0.2, -0.15) is 0 Å². The average Bonchev–Trinajstić information content (AvgIpc) is 3.09. The third-order valence-corrected chi connectivity index (χ3v) is 11.3. The maximum absolute atomic E-state index is 11.1. The molecule has 2 N–H and O–H groups in total. The van der Waals surface area contributed by atoms with Crippen LogP contribution in [0.3, 0.4) is 0 Å². The van der Waals surface area contributed by atoms with E-state index in [4.69, 9.17) is 0 Å². The van der Waals surface area contributed by atoms with Crippen LogP contribution in [0.4, 0.5) is 0 Å². The molecule has 168 valence electrons. The van der Waals surface area contributed by atoms with Crippen molar-refractivity contribution in [3.05, 3.63) is 11.1 Å². The van der Waals surface area contributed by atoms with Crippen molar-refractivity contribution in [2.24, 2.45) is 46.8 Å². The zero-order valence-corrected chi connectivity index (χ0v) is 19.4. The summed E-state index contributed by atoms with van der Waals surface area (Å²) >= 11 is 0. The highest BCUT2D eigenvalue weighted by Gasteiger charge is 2.57. The van der Waals surface area contributed by atoms with Gasteiger partial charge >= 0.3 is 0 Å². The Balaban J connectivity index is 1.30. The Morgan fingerprint density at radius 2 is 1.73 bits per heavy atom. The summed E-state index contributed by atoms with van der Waals surface area (Å²) in [4.78, 5) is 2.90. The molecule has 30 heavy (non-hydrogen) atoms. The van der Waals surface area contributed by atoms with E-state index in [1.54, 1.807) is 11.1 Å². The number of piperidine rings is 2. The summed E-state index contributed by atoms with van der Waals surface area (Å²) in [6, 6.07) is 0.839. The quantitative estimate of drug-likeness (QED) is 0.569. The van der Waals surface area contributed by atoms with Crippen LogP contribution in [0.2, 0.25) is 0 Å². The van der Waals surface area contributed by atoms with E-state index in [0.717, 1.165) is 67.2 Å². The Morgan fingerprint density at radius 1 is 0.900 bits per heavy atom. The average molecular weight is 414 g/mol. The van der Waals surface area contributed by atoms with Crippen molar-refractivity contribution >= 4 is 0 Å². The molecule has 2 heterocycles. The predicted molar refractivity (Wildman–Crippen MR) is 120 cm³/mol. The molecule has 2 saturated carbocycles. The first-order valence-electron chi connectivity index (χ1n) is 13.2. The molecule has 2 saturated heterocycles. The molecular weight excluding hydrogens is 370 g/mol. The zero-order chi connectivity index (χ0) is 20.8. The number of allylic oxidation sites excluding steroid dienone is 1. The second kappa shape index (κ2) is 7.06. The number of hydrogen-bond donors (Lipinski definition) is 2. The van der Waals surface area contributed by atoms with Gasteiger partial charge in [-0.05, 0) is 105 Å². The zero-order valence-electron chi connectivity index (χ0n) is 19.4.